The molecule has 0 bridgehead atoms. The lowest BCUT2D eigenvalue weighted by Gasteiger charge is -2.09. The maximum Gasteiger partial charge on any atom is 0.0492 e. The van der Waals surface area contributed by atoms with Gasteiger partial charge in [0.25, 0.3) is 0 Å². The summed E-state index contributed by atoms with van der Waals surface area (Å²) in [6.07, 6.45) is 1.74. The van der Waals surface area contributed by atoms with Crippen LogP contribution in [0, 0.1) is 5.92 Å². The highest BCUT2D eigenvalue weighted by Crippen LogP contribution is 2.00. The fourth-order valence-electron chi connectivity index (χ4n) is 0.774. The highest BCUT2D eigenvalue weighted by Gasteiger charge is 1.99. The van der Waals surface area contributed by atoms with Gasteiger partial charge < -0.3 is 15.6 Å². The second kappa shape index (κ2) is 7.98. The zero-order valence-corrected chi connectivity index (χ0v) is 7.25. The highest BCUT2D eigenvalue weighted by molar-refractivity contribution is 4.49. The molecule has 0 aromatic heterocycles. The molecule has 0 fully saturated rings. The van der Waals surface area contributed by atoms with Crippen LogP contribution >= 0.6 is 0 Å². The lowest BCUT2D eigenvalue weighted by Crippen LogP contribution is -2.10. The Labute approximate surface area is 68.5 Å². The van der Waals surface area contributed by atoms with E-state index in [1.807, 2.05) is 0 Å². The molecule has 0 aliphatic heterocycles. The maximum absolute atomic E-state index is 8.56. The molecule has 11 heavy (non-hydrogen) atoms. The third-order valence-electron chi connectivity index (χ3n) is 1.52. The molecule has 1 unspecified atom stereocenters. The van der Waals surface area contributed by atoms with E-state index >= 15 is 0 Å². The summed E-state index contributed by atoms with van der Waals surface area (Å²) in [5.41, 5.74) is 5.28. The number of rotatable bonds is 7. The van der Waals surface area contributed by atoms with Crippen LogP contribution in [0.1, 0.15) is 19.8 Å². The van der Waals surface area contributed by atoms with E-state index in [1.165, 1.54) is 0 Å². The topological polar surface area (TPSA) is 55.5 Å². The Hall–Kier alpha value is -0.120. The van der Waals surface area contributed by atoms with Crippen molar-refractivity contribution in [2.75, 3.05) is 26.4 Å². The van der Waals surface area contributed by atoms with E-state index in [4.69, 9.17) is 15.6 Å². The van der Waals surface area contributed by atoms with Crippen LogP contribution in [0.4, 0.5) is 0 Å². The molecular formula is C8H19NO2. The molecule has 1 atom stereocenters. The van der Waals surface area contributed by atoms with Gasteiger partial charge in [-0.25, -0.2) is 0 Å². The molecule has 3 nitrogen and oxygen atoms in total. The van der Waals surface area contributed by atoms with E-state index in [2.05, 4.69) is 6.92 Å². The number of hydrogen-bond donors (Lipinski definition) is 2. The Balaban J connectivity index is 2.97. The molecule has 0 aliphatic carbocycles. The number of ether oxygens (including phenoxy) is 1. The quantitative estimate of drug-likeness (QED) is 0.530. The molecule has 3 N–H and O–H groups in total. The summed E-state index contributed by atoms with van der Waals surface area (Å²) in [7, 11) is 0. The zero-order chi connectivity index (χ0) is 8.53. The van der Waals surface area contributed by atoms with Gasteiger partial charge in [0.2, 0.25) is 0 Å². The van der Waals surface area contributed by atoms with Crippen LogP contribution in [0.3, 0.4) is 0 Å². The highest BCUT2D eigenvalue weighted by atomic mass is 16.5. The van der Waals surface area contributed by atoms with Crippen LogP contribution in [0.15, 0.2) is 0 Å². The normalized spacial score (nSPS) is 13.4. The first kappa shape index (κ1) is 10.9. The Kier molecular flexibility index (Phi) is 7.89. The van der Waals surface area contributed by atoms with Gasteiger partial charge in [0.1, 0.15) is 0 Å². The molecule has 0 radical (unpaired) electrons. The molecule has 0 aromatic rings. The van der Waals surface area contributed by atoms with Crippen molar-refractivity contribution in [2.24, 2.45) is 11.7 Å². The Morgan fingerprint density at radius 3 is 2.82 bits per heavy atom. The first-order valence-electron chi connectivity index (χ1n) is 4.20. The summed E-state index contributed by atoms with van der Waals surface area (Å²) >= 11 is 0. The number of aliphatic hydroxyl groups is 1. The Morgan fingerprint density at radius 1 is 1.55 bits per heavy atom. The van der Waals surface area contributed by atoms with Gasteiger partial charge in [0.05, 0.1) is 0 Å². The van der Waals surface area contributed by atoms with Gasteiger partial charge >= 0.3 is 0 Å². The standard InChI is InChI=1S/C8H19NO2/c1-8(3-5-10)7-11-6-2-4-9/h8,10H,2-7,9H2,1H3. The number of hydrogen-bond acceptors (Lipinski definition) is 3. The number of nitrogens with two attached hydrogens (primary N) is 1. The SMILES string of the molecule is CC(CCO)COCCCN. The number of aliphatic hydroxyl groups excluding tert-OH is 1. The van der Waals surface area contributed by atoms with Gasteiger partial charge in [0, 0.05) is 19.8 Å². The van der Waals surface area contributed by atoms with Crippen LogP contribution in [0.2, 0.25) is 0 Å². The van der Waals surface area contributed by atoms with Crippen molar-refractivity contribution in [3.8, 4) is 0 Å². The van der Waals surface area contributed by atoms with Crippen LogP contribution in [0.5, 0.6) is 0 Å². The molecule has 0 rings (SSSR count). The van der Waals surface area contributed by atoms with Gasteiger partial charge in [0.15, 0.2) is 0 Å². The summed E-state index contributed by atoms with van der Waals surface area (Å²) < 4.78 is 5.30. The minimum absolute atomic E-state index is 0.251. The Morgan fingerprint density at radius 2 is 2.27 bits per heavy atom. The van der Waals surface area contributed by atoms with Crippen LogP contribution in [-0.4, -0.2) is 31.5 Å². The van der Waals surface area contributed by atoms with E-state index in [-0.39, 0.29) is 6.61 Å². The fourth-order valence-corrected chi connectivity index (χ4v) is 0.774. The predicted molar refractivity (Wildman–Crippen MR) is 45.4 cm³/mol. The van der Waals surface area contributed by atoms with Gasteiger partial charge in [-0.3, -0.25) is 0 Å². The van der Waals surface area contributed by atoms with E-state index in [1.54, 1.807) is 0 Å². The Bertz CT molecular complexity index is 78.5. The van der Waals surface area contributed by atoms with Crippen molar-refractivity contribution in [3.63, 3.8) is 0 Å². The van der Waals surface area contributed by atoms with Crippen molar-refractivity contribution in [3.05, 3.63) is 0 Å². The first-order chi connectivity index (χ1) is 5.31. The molecule has 0 saturated heterocycles. The van der Waals surface area contributed by atoms with Crippen LogP contribution in [0.25, 0.3) is 0 Å². The molecule has 3 heteroatoms. The first-order valence-corrected chi connectivity index (χ1v) is 4.20. The summed E-state index contributed by atoms with van der Waals surface area (Å²) in [4.78, 5) is 0. The lowest BCUT2D eigenvalue weighted by atomic mass is 10.1. The lowest BCUT2D eigenvalue weighted by molar-refractivity contribution is 0.0936. The van der Waals surface area contributed by atoms with Crippen molar-refractivity contribution >= 4 is 0 Å². The smallest absolute Gasteiger partial charge is 0.0492 e. The molecule has 0 heterocycles. The second-order valence-corrected chi connectivity index (χ2v) is 2.83. The molecule has 0 amide bonds. The van der Waals surface area contributed by atoms with E-state index in [0.29, 0.717) is 12.5 Å². The van der Waals surface area contributed by atoms with Gasteiger partial charge in [-0.15, -0.1) is 0 Å². The molecule has 0 spiro atoms. The van der Waals surface area contributed by atoms with Crippen LogP contribution in [-0.2, 0) is 4.74 Å². The van der Waals surface area contributed by atoms with Crippen molar-refractivity contribution in [2.45, 2.75) is 19.8 Å². The van der Waals surface area contributed by atoms with E-state index in [0.717, 1.165) is 26.1 Å². The molecule has 0 aromatic carbocycles. The minimum atomic E-state index is 0.251. The fraction of sp³-hybridized carbons (Fsp3) is 1.00. The summed E-state index contributed by atoms with van der Waals surface area (Å²) in [6.45, 7) is 4.49. The van der Waals surface area contributed by atoms with Gasteiger partial charge in [-0.05, 0) is 25.3 Å². The zero-order valence-electron chi connectivity index (χ0n) is 7.25. The average molecular weight is 161 g/mol. The van der Waals surface area contributed by atoms with Gasteiger partial charge in [-0.2, -0.15) is 0 Å². The van der Waals surface area contributed by atoms with Gasteiger partial charge in [-0.1, -0.05) is 6.92 Å². The predicted octanol–water partition coefficient (Wildman–Crippen LogP) is 0.370. The third kappa shape index (κ3) is 7.78. The van der Waals surface area contributed by atoms with E-state index in [9.17, 15) is 0 Å². The van der Waals surface area contributed by atoms with Crippen LogP contribution < -0.4 is 5.73 Å². The molecular weight excluding hydrogens is 142 g/mol. The molecule has 0 saturated carbocycles. The van der Waals surface area contributed by atoms with E-state index < -0.39 is 0 Å². The van der Waals surface area contributed by atoms with Crippen molar-refractivity contribution in [1.82, 2.24) is 0 Å². The molecule has 0 aliphatic rings. The molecule has 68 valence electrons. The maximum atomic E-state index is 8.56. The summed E-state index contributed by atoms with van der Waals surface area (Å²) in [5, 5.41) is 8.56. The average Bonchev–Trinajstić information content (AvgIpc) is 1.99. The third-order valence-corrected chi connectivity index (χ3v) is 1.52. The largest absolute Gasteiger partial charge is 0.396 e. The minimum Gasteiger partial charge on any atom is -0.396 e. The summed E-state index contributed by atoms with van der Waals surface area (Å²) in [5.74, 6) is 0.456. The summed E-state index contributed by atoms with van der Waals surface area (Å²) in [6, 6.07) is 0. The van der Waals surface area contributed by atoms with Crippen molar-refractivity contribution in [1.29, 1.82) is 0 Å². The monoisotopic (exact) mass is 161 g/mol. The second-order valence-electron chi connectivity index (χ2n) is 2.83. The van der Waals surface area contributed by atoms with Crippen molar-refractivity contribution < 1.29 is 9.84 Å².